The van der Waals surface area contributed by atoms with E-state index in [0.29, 0.717) is 0 Å². The number of nitrogens with one attached hydrogen (secondary N) is 1. The fourth-order valence-electron chi connectivity index (χ4n) is 4.12. The van der Waals surface area contributed by atoms with Crippen molar-refractivity contribution < 1.29 is 4.79 Å². The molecule has 2 aromatic carbocycles. The molecule has 0 aromatic heterocycles. The van der Waals surface area contributed by atoms with Gasteiger partial charge in [-0.05, 0) is 36.8 Å². The van der Waals surface area contributed by atoms with Crippen molar-refractivity contribution in [3.63, 3.8) is 0 Å². The quantitative estimate of drug-likeness (QED) is 0.587. The maximum Gasteiger partial charge on any atom is 0.252 e. The van der Waals surface area contributed by atoms with Crippen LogP contribution < -0.4 is 5.43 Å². The molecular formula is C26H34N2O. The van der Waals surface area contributed by atoms with E-state index in [2.05, 4.69) is 10.5 Å². The van der Waals surface area contributed by atoms with Gasteiger partial charge >= 0.3 is 0 Å². The van der Waals surface area contributed by atoms with E-state index in [-0.39, 0.29) is 11.8 Å². The second-order valence-corrected chi connectivity index (χ2v) is 8.09. The van der Waals surface area contributed by atoms with Crippen molar-refractivity contribution in [2.75, 3.05) is 0 Å². The Kier molecular flexibility index (Phi) is 8.96. The Bertz CT molecular complexity index is 701. The summed E-state index contributed by atoms with van der Waals surface area (Å²) in [6.45, 7) is 0. The average Bonchev–Trinajstić information content (AvgIpc) is 2.75. The number of hydrazone groups is 1. The molecule has 0 aliphatic heterocycles. The first-order valence-corrected chi connectivity index (χ1v) is 11.3. The van der Waals surface area contributed by atoms with Gasteiger partial charge < -0.3 is 0 Å². The Morgan fingerprint density at radius 1 is 0.655 bits per heavy atom. The van der Waals surface area contributed by atoms with Crippen LogP contribution in [0.5, 0.6) is 0 Å². The summed E-state index contributed by atoms with van der Waals surface area (Å²) in [6, 6.07) is 20.0. The molecule has 0 heterocycles. The summed E-state index contributed by atoms with van der Waals surface area (Å²) >= 11 is 0. The minimum absolute atomic E-state index is 0.0546. The van der Waals surface area contributed by atoms with Crippen LogP contribution in [0.25, 0.3) is 0 Å². The van der Waals surface area contributed by atoms with Crippen molar-refractivity contribution in [2.45, 2.75) is 76.5 Å². The van der Waals surface area contributed by atoms with E-state index >= 15 is 0 Å². The topological polar surface area (TPSA) is 41.5 Å². The zero-order valence-corrected chi connectivity index (χ0v) is 17.5. The van der Waals surface area contributed by atoms with Gasteiger partial charge in [-0.3, -0.25) is 4.79 Å². The molecule has 3 rings (SSSR count). The van der Waals surface area contributed by atoms with Crippen molar-refractivity contribution in [3.05, 3.63) is 71.8 Å². The first kappa shape index (κ1) is 21.3. The largest absolute Gasteiger partial charge is 0.272 e. The molecule has 0 atom stereocenters. The summed E-state index contributed by atoms with van der Waals surface area (Å²) in [4.78, 5) is 13.1. The predicted octanol–water partition coefficient (Wildman–Crippen LogP) is 6.60. The van der Waals surface area contributed by atoms with E-state index in [1.54, 1.807) is 0 Å². The molecule has 1 aliphatic rings. The number of rotatable bonds is 4. The van der Waals surface area contributed by atoms with Gasteiger partial charge in [-0.1, -0.05) is 106 Å². The standard InChI is InChI=1S/C26H34N2O/c29-26(25(22-16-10-8-11-17-22)23-18-12-9-13-19-23)28-27-24-20-14-6-4-2-1-3-5-7-15-21-24/h8-13,16-19,25H,1-7,14-15,20-21H2,(H,28,29). The van der Waals surface area contributed by atoms with Gasteiger partial charge in [0.2, 0.25) is 0 Å². The molecule has 1 fully saturated rings. The Hall–Kier alpha value is -2.42. The minimum Gasteiger partial charge on any atom is -0.272 e. The Labute approximate surface area is 175 Å². The third-order valence-corrected chi connectivity index (χ3v) is 5.78. The average molecular weight is 391 g/mol. The molecule has 3 nitrogen and oxygen atoms in total. The van der Waals surface area contributed by atoms with Crippen LogP contribution in [0.2, 0.25) is 0 Å². The zero-order valence-electron chi connectivity index (χ0n) is 17.5. The molecule has 0 saturated heterocycles. The molecule has 2 aromatic rings. The number of hydrogen-bond acceptors (Lipinski definition) is 2. The van der Waals surface area contributed by atoms with Crippen LogP contribution in [0.1, 0.15) is 87.7 Å². The molecule has 1 saturated carbocycles. The van der Waals surface area contributed by atoms with Gasteiger partial charge in [-0.15, -0.1) is 0 Å². The first-order valence-electron chi connectivity index (χ1n) is 11.3. The fourth-order valence-corrected chi connectivity index (χ4v) is 4.12. The summed E-state index contributed by atoms with van der Waals surface area (Å²) in [6.07, 6.45) is 13.6. The highest BCUT2D eigenvalue weighted by atomic mass is 16.2. The molecule has 0 bridgehead atoms. The Balaban J connectivity index is 1.70. The van der Waals surface area contributed by atoms with Crippen LogP contribution in [0.15, 0.2) is 65.8 Å². The van der Waals surface area contributed by atoms with Gasteiger partial charge in [0, 0.05) is 5.71 Å². The van der Waals surface area contributed by atoms with E-state index in [0.717, 1.165) is 29.7 Å². The summed E-state index contributed by atoms with van der Waals surface area (Å²) in [5.41, 5.74) is 6.05. The van der Waals surface area contributed by atoms with Gasteiger partial charge in [0.25, 0.3) is 5.91 Å². The summed E-state index contributed by atoms with van der Waals surface area (Å²) in [5.74, 6) is -0.394. The van der Waals surface area contributed by atoms with E-state index in [1.165, 1.54) is 57.8 Å². The van der Waals surface area contributed by atoms with Crippen LogP contribution in [0, 0.1) is 0 Å². The van der Waals surface area contributed by atoms with Gasteiger partial charge in [0.05, 0.1) is 5.92 Å². The maximum atomic E-state index is 13.1. The highest BCUT2D eigenvalue weighted by Crippen LogP contribution is 2.25. The van der Waals surface area contributed by atoms with Crippen molar-refractivity contribution >= 4 is 11.6 Å². The molecule has 0 spiro atoms. The highest BCUT2D eigenvalue weighted by Gasteiger charge is 2.22. The molecular weight excluding hydrogens is 356 g/mol. The number of amides is 1. The number of nitrogens with zero attached hydrogens (tertiary/aromatic N) is 1. The van der Waals surface area contributed by atoms with Crippen molar-refractivity contribution in [3.8, 4) is 0 Å². The van der Waals surface area contributed by atoms with Crippen molar-refractivity contribution in [2.24, 2.45) is 5.10 Å². The molecule has 1 amide bonds. The summed E-state index contributed by atoms with van der Waals surface area (Å²) in [7, 11) is 0. The van der Waals surface area contributed by atoms with E-state index < -0.39 is 0 Å². The number of benzene rings is 2. The summed E-state index contributed by atoms with van der Waals surface area (Å²) in [5, 5.41) is 4.60. The molecule has 154 valence electrons. The molecule has 1 aliphatic carbocycles. The van der Waals surface area contributed by atoms with Crippen LogP contribution in [0.3, 0.4) is 0 Å². The molecule has 1 N–H and O–H groups in total. The first-order chi connectivity index (χ1) is 14.3. The summed E-state index contributed by atoms with van der Waals surface area (Å²) < 4.78 is 0. The monoisotopic (exact) mass is 390 g/mol. The highest BCUT2D eigenvalue weighted by molar-refractivity contribution is 5.90. The second kappa shape index (κ2) is 12.2. The van der Waals surface area contributed by atoms with Crippen LogP contribution in [-0.2, 0) is 4.79 Å². The lowest BCUT2D eigenvalue weighted by atomic mass is 9.91. The molecule has 0 unspecified atom stereocenters. The Morgan fingerprint density at radius 3 is 1.52 bits per heavy atom. The molecule has 0 radical (unpaired) electrons. The Morgan fingerprint density at radius 2 is 1.07 bits per heavy atom. The number of carbonyl (C=O) groups is 1. The SMILES string of the molecule is O=C(NN=C1CCCCCCCCCCC1)C(c1ccccc1)c1ccccc1. The predicted molar refractivity (Wildman–Crippen MR) is 121 cm³/mol. The van der Waals surface area contributed by atoms with Gasteiger partial charge in [-0.2, -0.15) is 5.10 Å². The van der Waals surface area contributed by atoms with Crippen molar-refractivity contribution in [1.82, 2.24) is 5.43 Å². The van der Waals surface area contributed by atoms with Crippen LogP contribution in [0.4, 0.5) is 0 Å². The van der Waals surface area contributed by atoms with Crippen LogP contribution >= 0.6 is 0 Å². The molecule has 29 heavy (non-hydrogen) atoms. The van der Waals surface area contributed by atoms with E-state index in [1.807, 2.05) is 60.7 Å². The van der Waals surface area contributed by atoms with Crippen molar-refractivity contribution in [1.29, 1.82) is 0 Å². The fraction of sp³-hybridized carbons (Fsp3) is 0.462. The molecule has 3 heteroatoms. The smallest absolute Gasteiger partial charge is 0.252 e. The maximum absolute atomic E-state index is 13.1. The normalized spacial score (nSPS) is 16.5. The third-order valence-electron chi connectivity index (χ3n) is 5.78. The van der Waals surface area contributed by atoms with E-state index in [4.69, 9.17) is 0 Å². The number of hydrogen-bond donors (Lipinski definition) is 1. The third kappa shape index (κ3) is 7.16. The lowest BCUT2D eigenvalue weighted by Gasteiger charge is -2.17. The minimum atomic E-state index is -0.340. The second-order valence-electron chi connectivity index (χ2n) is 8.09. The van der Waals surface area contributed by atoms with Gasteiger partial charge in [-0.25, -0.2) is 5.43 Å². The van der Waals surface area contributed by atoms with Gasteiger partial charge in [0.15, 0.2) is 0 Å². The lowest BCUT2D eigenvalue weighted by Crippen LogP contribution is -2.27. The van der Waals surface area contributed by atoms with Crippen LogP contribution in [-0.4, -0.2) is 11.6 Å². The van der Waals surface area contributed by atoms with E-state index in [9.17, 15) is 4.79 Å². The lowest BCUT2D eigenvalue weighted by molar-refractivity contribution is -0.121. The number of carbonyl (C=O) groups excluding carboxylic acids is 1. The zero-order chi connectivity index (χ0) is 20.2. The van der Waals surface area contributed by atoms with Gasteiger partial charge in [0.1, 0.15) is 0 Å².